The molecule has 1 aromatic carbocycles. The maximum absolute atomic E-state index is 13.5. The summed E-state index contributed by atoms with van der Waals surface area (Å²) in [5, 5.41) is 9.80. The zero-order valence-corrected chi connectivity index (χ0v) is 11.6. The smallest absolute Gasteiger partial charge is 0.191 e. The van der Waals surface area contributed by atoms with E-state index in [1.54, 1.807) is 6.07 Å². The van der Waals surface area contributed by atoms with E-state index in [0.717, 1.165) is 23.9 Å². The number of aromatic nitrogens is 1. The topological polar surface area (TPSA) is 62.5 Å². The quantitative estimate of drug-likeness (QED) is 0.655. The van der Waals surface area contributed by atoms with Gasteiger partial charge in [-0.2, -0.15) is 0 Å². The first kappa shape index (κ1) is 15.0. The minimum absolute atomic E-state index is 0.0394. The van der Waals surface area contributed by atoms with E-state index in [9.17, 15) is 8.78 Å². The van der Waals surface area contributed by atoms with Crippen molar-refractivity contribution >= 4 is 5.96 Å². The minimum atomic E-state index is -0.484. The molecule has 2 rings (SSSR count). The molecule has 0 aliphatic rings. The molecule has 21 heavy (non-hydrogen) atoms. The number of hydrogen-bond donors (Lipinski definition) is 2. The summed E-state index contributed by atoms with van der Waals surface area (Å²) in [6, 6.07) is 5.04. The van der Waals surface area contributed by atoms with Gasteiger partial charge in [0.05, 0.1) is 13.1 Å². The molecule has 0 fully saturated rings. The highest BCUT2D eigenvalue weighted by molar-refractivity contribution is 5.79. The second-order valence-electron chi connectivity index (χ2n) is 4.28. The molecule has 0 aliphatic carbocycles. The van der Waals surface area contributed by atoms with E-state index < -0.39 is 11.6 Å². The molecule has 0 saturated carbocycles. The summed E-state index contributed by atoms with van der Waals surface area (Å²) in [6.45, 7) is 3.03. The Morgan fingerprint density at radius 2 is 2.14 bits per heavy atom. The largest absolute Gasteiger partial charge is 0.364 e. The number of hydrogen-bond acceptors (Lipinski definition) is 3. The van der Waals surface area contributed by atoms with Crippen molar-refractivity contribution < 1.29 is 13.3 Å². The molecule has 0 radical (unpaired) electrons. The normalized spacial score (nSPS) is 11.5. The van der Waals surface area contributed by atoms with Crippen LogP contribution in [0.2, 0.25) is 0 Å². The molecule has 2 aromatic rings. The highest BCUT2D eigenvalue weighted by Crippen LogP contribution is 2.10. The molecule has 2 N–H and O–H groups in total. The Kier molecular flexibility index (Phi) is 5.25. The molecular weight excluding hydrogens is 278 g/mol. The second-order valence-corrected chi connectivity index (χ2v) is 4.28. The first-order chi connectivity index (χ1) is 10.2. The lowest BCUT2D eigenvalue weighted by Crippen LogP contribution is -2.36. The molecule has 0 amide bonds. The Bertz CT molecular complexity index is 599. The molecule has 0 unspecified atom stereocenters. The zero-order valence-electron chi connectivity index (χ0n) is 11.6. The van der Waals surface area contributed by atoms with Gasteiger partial charge in [-0.3, -0.25) is 0 Å². The van der Waals surface area contributed by atoms with Crippen LogP contribution < -0.4 is 10.6 Å². The van der Waals surface area contributed by atoms with E-state index in [4.69, 9.17) is 4.52 Å². The van der Waals surface area contributed by atoms with Gasteiger partial charge in [0.1, 0.15) is 23.6 Å². The van der Waals surface area contributed by atoms with Gasteiger partial charge in [-0.05, 0) is 25.1 Å². The fourth-order valence-electron chi connectivity index (χ4n) is 1.67. The molecule has 7 heteroatoms. The SMILES string of the molecule is CCNC(=NCc1cc(F)ccc1F)NCc1ccon1. The van der Waals surface area contributed by atoms with Crippen LogP contribution in [0.1, 0.15) is 18.2 Å². The van der Waals surface area contributed by atoms with E-state index in [0.29, 0.717) is 19.0 Å². The number of rotatable bonds is 5. The third kappa shape index (κ3) is 4.55. The summed E-state index contributed by atoms with van der Waals surface area (Å²) >= 11 is 0. The molecule has 0 bridgehead atoms. The molecule has 0 aliphatic heterocycles. The predicted octanol–water partition coefficient (Wildman–Crippen LogP) is 2.21. The molecule has 5 nitrogen and oxygen atoms in total. The van der Waals surface area contributed by atoms with E-state index in [2.05, 4.69) is 20.8 Å². The van der Waals surface area contributed by atoms with Gasteiger partial charge >= 0.3 is 0 Å². The standard InChI is InChI=1S/C14H16F2N4O/c1-2-17-14(19-9-12-5-6-21-20-12)18-8-10-7-11(15)3-4-13(10)16/h3-7H,2,8-9H2,1H3,(H2,17,18,19). The van der Waals surface area contributed by atoms with Crippen LogP contribution in [0, 0.1) is 11.6 Å². The van der Waals surface area contributed by atoms with Crippen molar-refractivity contribution in [2.75, 3.05) is 6.54 Å². The van der Waals surface area contributed by atoms with Crippen molar-refractivity contribution in [3.8, 4) is 0 Å². The van der Waals surface area contributed by atoms with Crippen molar-refractivity contribution in [3.05, 3.63) is 53.4 Å². The lowest BCUT2D eigenvalue weighted by molar-refractivity contribution is 0.410. The minimum Gasteiger partial charge on any atom is -0.364 e. The van der Waals surface area contributed by atoms with Gasteiger partial charge in [0.15, 0.2) is 5.96 Å². The van der Waals surface area contributed by atoms with Crippen LogP contribution >= 0.6 is 0 Å². The summed E-state index contributed by atoms with van der Waals surface area (Å²) in [5.41, 5.74) is 0.922. The highest BCUT2D eigenvalue weighted by atomic mass is 19.1. The Morgan fingerprint density at radius 3 is 2.86 bits per heavy atom. The predicted molar refractivity (Wildman–Crippen MR) is 74.5 cm³/mol. The van der Waals surface area contributed by atoms with Gasteiger partial charge in [0, 0.05) is 18.2 Å². The Balaban J connectivity index is 2.01. The maximum Gasteiger partial charge on any atom is 0.191 e. The Labute approximate surface area is 121 Å². The number of halogens is 2. The molecule has 1 aromatic heterocycles. The number of nitrogens with zero attached hydrogens (tertiary/aromatic N) is 2. The van der Waals surface area contributed by atoms with Crippen molar-refractivity contribution in [2.24, 2.45) is 4.99 Å². The number of guanidine groups is 1. The van der Waals surface area contributed by atoms with Gasteiger partial charge < -0.3 is 15.2 Å². The molecule has 0 spiro atoms. The van der Waals surface area contributed by atoms with Crippen LogP contribution in [-0.2, 0) is 13.1 Å². The summed E-state index contributed by atoms with van der Waals surface area (Å²) in [6.07, 6.45) is 1.48. The fourth-order valence-corrected chi connectivity index (χ4v) is 1.67. The number of nitrogens with one attached hydrogen (secondary N) is 2. The van der Waals surface area contributed by atoms with Crippen LogP contribution in [0.4, 0.5) is 8.78 Å². The fraction of sp³-hybridized carbons (Fsp3) is 0.286. The highest BCUT2D eigenvalue weighted by Gasteiger charge is 2.05. The van der Waals surface area contributed by atoms with Crippen LogP contribution in [-0.4, -0.2) is 17.7 Å². The van der Waals surface area contributed by atoms with Crippen LogP contribution in [0.5, 0.6) is 0 Å². The van der Waals surface area contributed by atoms with Crippen molar-refractivity contribution in [3.63, 3.8) is 0 Å². The first-order valence-corrected chi connectivity index (χ1v) is 6.54. The van der Waals surface area contributed by atoms with Gasteiger partial charge in [0.25, 0.3) is 0 Å². The van der Waals surface area contributed by atoms with Gasteiger partial charge in [-0.25, -0.2) is 13.8 Å². The van der Waals surface area contributed by atoms with Gasteiger partial charge in [-0.1, -0.05) is 5.16 Å². The van der Waals surface area contributed by atoms with Gasteiger partial charge in [0.2, 0.25) is 0 Å². The molecule has 0 atom stereocenters. The third-order valence-electron chi connectivity index (χ3n) is 2.69. The lowest BCUT2D eigenvalue weighted by Gasteiger charge is -2.10. The summed E-state index contributed by atoms with van der Waals surface area (Å²) < 4.78 is 31.3. The average Bonchev–Trinajstić information content (AvgIpc) is 2.98. The summed E-state index contributed by atoms with van der Waals surface area (Å²) in [7, 11) is 0. The number of aliphatic imine (C=N–C) groups is 1. The van der Waals surface area contributed by atoms with E-state index in [1.165, 1.54) is 6.26 Å². The zero-order chi connectivity index (χ0) is 15.1. The van der Waals surface area contributed by atoms with Crippen molar-refractivity contribution in [1.29, 1.82) is 0 Å². The van der Waals surface area contributed by atoms with Crippen LogP contribution in [0.3, 0.4) is 0 Å². The molecular formula is C14H16F2N4O. The van der Waals surface area contributed by atoms with Gasteiger partial charge in [-0.15, -0.1) is 0 Å². The monoisotopic (exact) mass is 294 g/mol. The Hall–Kier alpha value is -2.44. The number of benzene rings is 1. The van der Waals surface area contributed by atoms with Crippen molar-refractivity contribution in [2.45, 2.75) is 20.0 Å². The van der Waals surface area contributed by atoms with Crippen molar-refractivity contribution in [1.82, 2.24) is 15.8 Å². The first-order valence-electron chi connectivity index (χ1n) is 6.54. The third-order valence-corrected chi connectivity index (χ3v) is 2.69. The van der Waals surface area contributed by atoms with Crippen LogP contribution in [0.15, 0.2) is 40.0 Å². The van der Waals surface area contributed by atoms with E-state index in [-0.39, 0.29) is 12.1 Å². The molecule has 112 valence electrons. The molecule has 1 heterocycles. The van der Waals surface area contributed by atoms with E-state index in [1.807, 2.05) is 6.92 Å². The van der Waals surface area contributed by atoms with E-state index >= 15 is 0 Å². The summed E-state index contributed by atoms with van der Waals surface area (Å²) in [4.78, 5) is 4.21. The average molecular weight is 294 g/mol. The molecule has 0 saturated heterocycles. The summed E-state index contributed by atoms with van der Waals surface area (Å²) in [5.74, 6) is -0.473. The maximum atomic E-state index is 13.5. The lowest BCUT2D eigenvalue weighted by atomic mass is 10.2. The van der Waals surface area contributed by atoms with Crippen LogP contribution in [0.25, 0.3) is 0 Å². The Morgan fingerprint density at radius 1 is 1.29 bits per heavy atom. The second kappa shape index (κ2) is 7.37.